The van der Waals surface area contributed by atoms with Crippen molar-refractivity contribution in [1.82, 2.24) is 10.3 Å². The molecule has 0 aliphatic heterocycles. The summed E-state index contributed by atoms with van der Waals surface area (Å²) in [6.45, 7) is 5.69. The summed E-state index contributed by atoms with van der Waals surface area (Å²) in [6.07, 6.45) is -0.506. The number of nitrogens with zero attached hydrogens (tertiary/aromatic N) is 1. The molecular formula is C16H22N2O6S. The van der Waals surface area contributed by atoms with Crippen LogP contribution in [0.4, 0.5) is 4.79 Å². The van der Waals surface area contributed by atoms with Gasteiger partial charge in [0.2, 0.25) is 0 Å². The van der Waals surface area contributed by atoms with E-state index in [0.29, 0.717) is 17.2 Å². The normalized spacial score (nSPS) is 10.8. The second-order valence-corrected chi connectivity index (χ2v) is 7.00. The predicted molar refractivity (Wildman–Crippen MR) is 91.9 cm³/mol. The number of hydrogen-bond acceptors (Lipinski definition) is 8. The van der Waals surface area contributed by atoms with Gasteiger partial charge in [-0.05, 0) is 32.9 Å². The molecule has 1 aromatic rings. The van der Waals surface area contributed by atoms with E-state index in [9.17, 15) is 14.4 Å². The average Bonchev–Trinajstić information content (AvgIpc) is 2.55. The molecule has 0 radical (unpaired) electrons. The Bertz CT molecular complexity index is 608. The third-order valence-corrected chi connectivity index (χ3v) is 3.60. The Balaban J connectivity index is 2.70. The number of ether oxygens (including phenoxy) is 3. The largest absolute Gasteiger partial charge is 0.464 e. The summed E-state index contributed by atoms with van der Waals surface area (Å²) in [5, 5.41) is 2.63. The summed E-state index contributed by atoms with van der Waals surface area (Å²) < 4.78 is 14.4. The van der Waals surface area contributed by atoms with E-state index in [-0.39, 0.29) is 11.4 Å². The molecule has 1 amide bonds. The van der Waals surface area contributed by atoms with Gasteiger partial charge in [-0.1, -0.05) is 0 Å². The van der Waals surface area contributed by atoms with E-state index in [4.69, 9.17) is 4.74 Å². The van der Waals surface area contributed by atoms with Crippen molar-refractivity contribution in [2.75, 3.05) is 26.5 Å². The van der Waals surface area contributed by atoms with Crippen LogP contribution in [0.1, 0.15) is 41.7 Å². The Kier molecular flexibility index (Phi) is 7.69. The van der Waals surface area contributed by atoms with Gasteiger partial charge in [0.25, 0.3) is 0 Å². The van der Waals surface area contributed by atoms with Crippen molar-refractivity contribution in [1.29, 1.82) is 0 Å². The first-order valence-corrected chi connectivity index (χ1v) is 8.43. The van der Waals surface area contributed by atoms with Gasteiger partial charge in [0.05, 0.1) is 14.2 Å². The molecule has 0 bridgehead atoms. The molecular weight excluding hydrogens is 348 g/mol. The minimum absolute atomic E-state index is 0.00741. The number of aromatic nitrogens is 1. The maximum Gasteiger partial charge on any atom is 0.407 e. The van der Waals surface area contributed by atoms with Gasteiger partial charge in [-0.2, -0.15) is 0 Å². The molecule has 0 atom stereocenters. The summed E-state index contributed by atoms with van der Waals surface area (Å²) in [4.78, 5) is 39.4. The molecule has 0 saturated carbocycles. The van der Waals surface area contributed by atoms with Crippen molar-refractivity contribution in [3.8, 4) is 0 Å². The Hall–Kier alpha value is -2.29. The van der Waals surface area contributed by atoms with Crippen molar-refractivity contribution in [2.45, 2.75) is 31.3 Å². The molecule has 0 aliphatic rings. The lowest BCUT2D eigenvalue weighted by atomic mass is 10.2. The lowest BCUT2D eigenvalue weighted by Gasteiger charge is -2.19. The highest BCUT2D eigenvalue weighted by molar-refractivity contribution is 7.99. The third-order valence-electron chi connectivity index (χ3n) is 2.63. The molecule has 0 fully saturated rings. The summed E-state index contributed by atoms with van der Waals surface area (Å²) in [5.41, 5.74) is -0.548. The van der Waals surface area contributed by atoms with Crippen LogP contribution in [0.2, 0.25) is 0 Å². The Labute approximate surface area is 150 Å². The van der Waals surface area contributed by atoms with Crippen molar-refractivity contribution >= 4 is 29.8 Å². The van der Waals surface area contributed by atoms with E-state index in [1.165, 1.54) is 38.1 Å². The van der Waals surface area contributed by atoms with Crippen LogP contribution < -0.4 is 5.32 Å². The van der Waals surface area contributed by atoms with Gasteiger partial charge in [-0.25, -0.2) is 19.4 Å². The number of pyridine rings is 1. The Morgan fingerprint density at radius 3 is 2.04 bits per heavy atom. The smallest absolute Gasteiger partial charge is 0.407 e. The van der Waals surface area contributed by atoms with E-state index in [0.717, 1.165) is 0 Å². The average molecular weight is 370 g/mol. The number of carbonyl (C=O) groups is 3. The number of rotatable bonds is 6. The molecule has 0 saturated heterocycles. The topological polar surface area (TPSA) is 104 Å². The fourth-order valence-corrected chi connectivity index (χ4v) is 2.47. The van der Waals surface area contributed by atoms with Gasteiger partial charge in [0.1, 0.15) is 17.0 Å². The zero-order valence-electron chi connectivity index (χ0n) is 14.9. The van der Waals surface area contributed by atoms with Crippen LogP contribution in [0.5, 0.6) is 0 Å². The van der Waals surface area contributed by atoms with Gasteiger partial charge in [-0.3, -0.25) is 0 Å². The van der Waals surface area contributed by atoms with Crippen LogP contribution in [-0.4, -0.2) is 55.1 Å². The maximum absolute atomic E-state index is 11.7. The molecule has 1 N–H and O–H groups in total. The minimum atomic E-state index is -0.653. The highest BCUT2D eigenvalue weighted by atomic mass is 32.2. The van der Waals surface area contributed by atoms with Crippen molar-refractivity contribution in [2.24, 2.45) is 0 Å². The lowest BCUT2D eigenvalue weighted by molar-refractivity contribution is 0.0528. The van der Waals surface area contributed by atoms with E-state index in [1.54, 1.807) is 20.8 Å². The van der Waals surface area contributed by atoms with Crippen molar-refractivity contribution in [3.63, 3.8) is 0 Å². The number of esters is 2. The first-order valence-electron chi connectivity index (χ1n) is 7.44. The third kappa shape index (κ3) is 7.42. The molecule has 0 aromatic carbocycles. The molecule has 9 heteroatoms. The van der Waals surface area contributed by atoms with Crippen LogP contribution in [-0.2, 0) is 14.2 Å². The quantitative estimate of drug-likeness (QED) is 0.352. The summed E-state index contributed by atoms with van der Waals surface area (Å²) in [5.74, 6) is -0.802. The molecule has 25 heavy (non-hydrogen) atoms. The van der Waals surface area contributed by atoms with Crippen molar-refractivity contribution in [3.05, 3.63) is 23.5 Å². The first kappa shape index (κ1) is 20.8. The van der Waals surface area contributed by atoms with Gasteiger partial charge in [0, 0.05) is 17.2 Å². The van der Waals surface area contributed by atoms with Gasteiger partial charge in [-0.15, -0.1) is 11.8 Å². The van der Waals surface area contributed by atoms with Gasteiger partial charge < -0.3 is 19.5 Å². The van der Waals surface area contributed by atoms with Crippen LogP contribution >= 0.6 is 11.8 Å². The Morgan fingerprint density at radius 1 is 1.08 bits per heavy atom. The molecule has 138 valence electrons. The van der Waals surface area contributed by atoms with E-state index >= 15 is 0 Å². The predicted octanol–water partition coefficient (Wildman–Crippen LogP) is 2.27. The van der Waals surface area contributed by atoms with Crippen LogP contribution in [0.25, 0.3) is 0 Å². The molecule has 8 nitrogen and oxygen atoms in total. The number of alkyl carbamates (subject to hydrolysis) is 1. The Morgan fingerprint density at radius 2 is 1.60 bits per heavy atom. The summed E-state index contributed by atoms with van der Waals surface area (Å²) in [7, 11) is 2.46. The van der Waals surface area contributed by atoms with Gasteiger partial charge >= 0.3 is 18.0 Å². The summed E-state index contributed by atoms with van der Waals surface area (Å²) in [6, 6.07) is 3.02. The number of methoxy groups -OCH3 is 2. The minimum Gasteiger partial charge on any atom is -0.464 e. The van der Waals surface area contributed by atoms with Crippen LogP contribution in [0, 0.1) is 0 Å². The van der Waals surface area contributed by atoms with E-state index in [2.05, 4.69) is 19.8 Å². The number of hydrogen-bond donors (Lipinski definition) is 1. The monoisotopic (exact) mass is 370 g/mol. The highest BCUT2D eigenvalue weighted by Crippen LogP contribution is 2.20. The number of carbonyl (C=O) groups excluding carboxylic acids is 3. The van der Waals surface area contributed by atoms with E-state index < -0.39 is 23.6 Å². The molecule has 0 spiro atoms. The molecule has 0 unspecified atom stereocenters. The molecule has 1 aromatic heterocycles. The zero-order valence-corrected chi connectivity index (χ0v) is 15.7. The highest BCUT2D eigenvalue weighted by Gasteiger charge is 2.17. The lowest BCUT2D eigenvalue weighted by Crippen LogP contribution is -2.33. The fraction of sp³-hybridized carbons (Fsp3) is 0.500. The maximum atomic E-state index is 11.7. The molecule has 1 rings (SSSR count). The second-order valence-electron chi connectivity index (χ2n) is 5.83. The molecule has 1 heterocycles. The summed E-state index contributed by atoms with van der Waals surface area (Å²) >= 11 is 1.34. The fourth-order valence-electron chi connectivity index (χ4n) is 1.64. The molecule has 0 aliphatic carbocycles. The van der Waals surface area contributed by atoms with E-state index in [1.807, 2.05) is 0 Å². The van der Waals surface area contributed by atoms with Crippen LogP contribution in [0.3, 0.4) is 0 Å². The number of nitrogens with one attached hydrogen (secondary N) is 1. The number of thioether (sulfide) groups is 1. The zero-order chi connectivity index (χ0) is 19.0. The van der Waals surface area contributed by atoms with Gasteiger partial charge in [0.15, 0.2) is 0 Å². The van der Waals surface area contributed by atoms with Crippen molar-refractivity contribution < 1.29 is 28.6 Å². The number of amides is 1. The second kappa shape index (κ2) is 9.26. The van der Waals surface area contributed by atoms with Crippen LogP contribution in [0.15, 0.2) is 17.0 Å². The first-order chi connectivity index (χ1) is 11.7. The standard InChI is InChI=1S/C16H22N2O6S/c1-16(2,3)24-15(21)17-6-7-25-10-8-11(13(19)22-4)18-12(9-10)14(20)23-5/h8-9H,6-7H2,1-5H3,(H,17,21). The SMILES string of the molecule is COC(=O)c1cc(SCCNC(=O)OC(C)(C)C)cc(C(=O)OC)n1.